The van der Waals surface area contributed by atoms with Crippen LogP contribution in [-0.2, 0) is 11.3 Å². The van der Waals surface area contributed by atoms with Crippen LogP contribution in [0.4, 0.5) is 0 Å². The Morgan fingerprint density at radius 3 is 3.08 bits per heavy atom. The van der Waals surface area contributed by atoms with Crippen molar-refractivity contribution in [2.75, 3.05) is 0 Å². The average molecular weight is 385 g/mol. The van der Waals surface area contributed by atoms with Gasteiger partial charge < -0.3 is 10.3 Å². The first-order chi connectivity index (χ1) is 12.6. The van der Waals surface area contributed by atoms with Crippen molar-refractivity contribution in [3.8, 4) is 0 Å². The van der Waals surface area contributed by atoms with E-state index in [9.17, 15) is 4.79 Å². The summed E-state index contributed by atoms with van der Waals surface area (Å²) in [5.41, 5.74) is 3.75. The maximum Gasteiger partial charge on any atom is 0.259 e. The van der Waals surface area contributed by atoms with Gasteiger partial charge in [-0.3, -0.25) is 10.1 Å². The van der Waals surface area contributed by atoms with Crippen molar-refractivity contribution in [2.24, 2.45) is 0 Å². The molecule has 4 rings (SSSR count). The number of nitrogens with zero attached hydrogens (tertiary/aromatic N) is 1. The van der Waals surface area contributed by atoms with Crippen LogP contribution in [0.1, 0.15) is 16.7 Å². The van der Waals surface area contributed by atoms with E-state index in [1.165, 1.54) is 11.8 Å². The first-order valence-corrected chi connectivity index (χ1v) is 9.46. The number of nitrogens with one attached hydrogen (secondary N) is 3. The second-order valence-corrected chi connectivity index (χ2v) is 7.59. The number of aromatic amines is 1. The van der Waals surface area contributed by atoms with Crippen LogP contribution < -0.4 is 10.6 Å². The van der Waals surface area contributed by atoms with Crippen molar-refractivity contribution in [1.29, 1.82) is 0 Å². The number of aromatic nitrogens is 2. The zero-order chi connectivity index (χ0) is 18.1. The molecule has 0 aliphatic carbocycles. The third-order valence-corrected chi connectivity index (χ3v) is 5.75. The zero-order valence-corrected chi connectivity index (χ0v) is 15.6. The number of amides is 1. The fraction of sp³-hybridized carbons (Fsp3) is 0.158. The number of aryl methyl sites for hydroxylation is 1. The third kappa shape index (κ3) is 3.35. The molecule has 0 spiro atoms. The number of benzene rings is 1. The fourth-order valence-corrected chi connectivity index (χ4v) is 4.15. The van der Waals surface area contributed by atoms with E-state index < -0.39 is 0 Å². The van der Waals surface area contributed by atoms with Crippen LogP contribution in [0.2, 0.25) is 5.02 Å². The van der Waals surface area contributed by atoms with Gasteiger partial charge in [-0.2, -0.15) is 0 Å². The van der Waals surface area contributed by atoms with Gasteiger partial charge in [0.1, 0.15) is 11.1 Å². The Balaban J connectivity index is 1.49. The molecule has 1 amide bonds. The molecule has 5 nitrogen and oxygen atoms in total. The highest BCUT2D eigenvalue weighted by molar-refractivity contribution is 8.05. The number of rotatable bonds is 4. The third-order valence-electron chi connectivity index (χ3n) is 4.32. The number of thioether (sulfide) groups is 1. The van der Waals surface area contributed by atoms with Gasteiger partial charge in [-0.05, 0) is 42.3 Å². The van der Waals surface area contributed by atoms with Crippen molar-refractivity contribution in [2.45, 2.75) is 19.0 Å². The van der Waals surface area contributed by atoms with Crippen molar-refractivity contribution in [1.82, 2.24) is 20.6 Å². The van der Waals surface area contributed by atoms with E-state index in [0.717, 1.165) is 32.7 Å². The highest BCUT2D eigenvalue weighted by Crippen LogP contribution is 2.30. The van der Waals surface area contributed by atoms with E-state index in [-0.39, 0.29) is 11.4 Å². The van der Waals surface area contributed by atoms with E-state index in [1.54, 1.807) is 6.20 Å². The molecule has 1 aromatic carbocycles. The Morgan fingerprint density at radius 1 is 1.35 bits per heavy atom. The molecule has 1 saturated heterocycles. The van der Waals surface area contributed by atoms with Gasteiger partial charge in [0.05, 0.1) is 4.91 Å². The molecule has 2 aromatic heterocycles. The van der Waals surface area contributed by atoms with Gasteiger partial charge in [0.2, 0.25) is 0 Å². The Labute approximate surface area is 160 Å². The number of fused-ring (bicyclic) bond motifs is 1. The lowest BCUT2D eigenvalue weighted by atomic mass is 10.1. The number of H-pyrrole nitrogens is 1. The Bertz CT molecular complexity index is 993. The number of pyridine rings is 1. The number of carbonyl (C=O) groups excluding carboxylic acids is 1. The lowest BCUT2D eigenvalue weighted by Gasteiger charge is -2.13. The molecule has 1 fully saturated rings. The van der Waals surface area contributed by atoms with Gasteiger partial charge in [-0.1, -0.05) is 35.5 Å². The van der Waals surface area contributed by atoms with E-state index in [0.29, 0.717) is 11.4 Å². The summed E-state index contributed by atoms with van der Waals surface area (Å²) in [5.74, 6) is -0.0818. The smallest absolute Gasteiger partial charge is 0.259 e. The lowest BCUT2D eigenvalue weighted by Crippen LogP contribution is -2.37. The SMILES string of the molecule is Cc1cccc(Cl)c1CNC1NC(=O)/C(=C/c2c[nH]c3ncccc23)S1. The summed E-state index contributed by atoms with van der Waals surface area (Å²) in [4.78, 5) is 20.4. The largest absolute Gasteiger partial charge is 0.346 e. The number of halogens is 1. The number of carbonyl (C=O) groups is 1. The van der Waals surface area contributed by atoms with E-state index >= 15 is 0 Å². The number of hydrogen-bond acceptors (Lipinski definition) is 4. The van der Waals surface area contributed by atoms with Crippen molar-refractivity contribution < 1.29 is 4.79 Å². The summed E-state index contributed by atoms with van der Waals surface area (Å²) >= 11 is 7.74. The molecule has 26 heavy (non-hydrogen) atoms. The quantitative estimate of drug-likeness (QED) is 0.598. The zero-order valence-electron chi connectivity index (χ0n) is 14.0. The topological polar surface area (TPSA) is 69.8 Å². The summed E-state index contributed by atoms with van der Waals surface area (Å²) < 4.78 is 0. The maximum absolute atomic E-state index is 12.3. The highest BCUT2D eigenvalue weighted by atomic mass is 35.5. The molecule has 0 radical (unpaired) electrons. The normalized spacial score (nSPS) is 18.6. The summed E-state index contributed by atoms with van der Waals surface area (Å²) in [6.07, 6.45) is 5.50. The van der Waals surface area contributed by atoms with Gasteiger partial charge in [-0.15, -0.1) is 0 Å². The minimum atomic E-state index is -0.187. The van der Waals surface area contributed by atoms with Crippen LogP contribution in [0.25, 0.3) is 17.1 Å². The Kier molecular flexibility index (Phi) is 4.72. The van der Waals surface area contributed by atoms with Crippen molar-refractivity contribution in [3.05, 3.63) is 69.3 Å². The fourth-order valence-electron chi connectivity index (χ4n) is 2.92. The summed E-state index contributed by atoms with van der Waals surface area (Å²) in [5, 5.41) is 8.02. The summed E-state index contributed by atoms with van der Waals surface area (Å²) in [7, 11) is 0. The molecule has 3 aromatic rings. The first kappa shape index (κ1) is 17.1. The molecule has 132 valence electrons. The van der Waals surface area contributed by atoms with Crippen LogP contribution in [0.15, 0.2) is 47.6 Å². The lowest BCUT2D eigenvalue weighted by molar-refractivity contribution is -0.116. The minimum absolute atomic E-state index is 0.0818. The van der Waals surface area contributed by atoms with Crippen LogP contribution in [-0.4, -0.2) is 21.4 Å². The standard InChI is InChI=1S/C19H17ClN4OS/c1-11-4-2-6-15(20)14(11)10-23-19-24-18(25)16(26-19)8-12-9-22-17-13(12)5-3-7-21-17/h2-9,19,23H,10H2,1H3,(H,21,22)(H,24,25)/b16-8-. The molecule has 1 atom stereocenters. The molecule has 3 heterocycles. The highest BCUT2D eigenvalue weighted by Gasteiger charge is 2.27. The molecule has 7 heteroatoms. The summed E-state index contributed by atoms with van der Waals surface area (Å²) in [6.45, 7) is 2.62. The van der Waals surface area contributed by atoms with Gasteiger partial charge in [0, 0.05) is 34.9 Å². The average Bonchev–Trinajstić information content (AvgIpc) is 3.19. The maximum atomic E-state index is 12.3. The van der Waals surface area contributed by atoms with Gasteiger partial charge in [0.25, 0.3) is 5.91 Å². The molecular formula is C19H17ClN4OS. The Morgan fingerprint density at radius 2 is 2.23 bits per heavy atom. The molecule has 3 N–H and O–H groups in total. The van der Waals surface area contributed by atoms with E-state index in [1.807, 2.05) is 49.5 Å². The monoisotopic (exact) mass is 384 g/mol. The molecule has 1 unspecified atom stereocenters. The number of hydrogen-bond donors (Lipinski definition) is 3. The molecule has 1 aliphatic rings. The first-order valence-electron chi connectivity index (χ1n) is 8.20. The predicted octanol–water partition coefficient (Wildman–Crippen LogP) is 3.80. The van der Waals surface area contributed by atoms with Crippen LogP contribution in [0.3, 0.4) is 0 Å². The molecule has 0 bridgehead atoms. The predicted molar refractivity (Wildman–Crippen MR) is 107 cm³/mol. The Hall–Kier alpha value is -2.28. The van der Waals surface area contributed by atoms with Crippen LogP contribution in [0.5, 0.6) is 0 Å². The van der Waals surface area contributed by atoms with E-state index in [4.69, 9.17) is 11.6 Å². The minimum Gasteiger partial charge on any atom is -0.346 e. The van der Waals surface area contributed by atoms with Crippen molar-refractivity contribution >= 4 is 46.4 Å². The molecule has 0 saturated carbocycles. The second kappa shape index (κ2) is 7.15. The van der Waals surface area contributed by atoms with Gasteiger partial charge in [-0.25, -0.2) is 4.98 Å². The molecule has 1 aliphatic heterocycles. The van der Waals surface area contributed by atoms with Gasteiger partial charge >= 0.3 is 0 Å². The van der Waals surface area contributed by atoms with E-state index in [2.05, 4.69) is 20.6 Å². The van der Waals surface area contributed by atoms with Crippen molar-refractivity contribution in [3.63, 3.8) is 0 Å². The summed E-state index contributed by atoms with van der Waals surface area (Å²) in [6, 6.07) is 9.71. The van der Waals surface area contributed by atoms with Crippen LogP contribution in [0, 0.1) is 6.92 Å². The molecular weight excluding hydrogens is 368 g/mol. The van der Waals surface area contributed by atoms with Crippen LogP contribution >= 0.6 is 23.4 Å². The second-order valence-electron chi connectivity index (χ2n) is 6.04. The van der Waals surface area contributed by atoms with Gasteiger partial charge in [0.15, 0.2) is 0 Å².